The quantitative estimate of drug-likeness (QED) is 0.596. The summed E-state index contributed by atoms with van der Waals surface area (Å²) in [6.45, 7) is 5.21. The van der Waals surface area contributed by atoms with Gasteiger partial charge in [-0.1, -0.05) is 24.3 Å². The van der Waals surface area contributed by atoms with E-state index in [9.17, 15) is 0 Å². The Morgan fingerprint density at radius 1 is 0.731 bits per heavy atom. The van der Waals surface area contributed by atoms with Gasteiger partial charge in [-0.25, -0.2) is 9.98 Å². The van der Waals surface area contributed by atoms with Crippen LogP contribution in [0.3, 0.4) is 0 Å². The molecule has 0 radical (unpaired) electrons. The smallest absolute Gasteiger partial charge is 0.191 e. The first-order chi connectivity index (χ1) is 12.7. The van der Waals surface area contributed by atoms with Gasteiger partial charge in [0.2, 0.25) is 0 Å². The monoisotopic (exact) mass is 392 g/mol. The van der Waals surface area contributed by atoms with Crippen molar-refractivity contribution in [3.05, 3.63) is 35.4 Å². The van der Waals surface area contributed by atoms with Gasteiger partial charge >= 0.3 is 0 Å². The number of rotatable bonds is 4. The van der Waals surface area contributed by atoms with Gasteiger partial charge in [0.1, 0.15) is 0 Å². The first kappa shape index (κ1) is 19.2. The van der Waals surface area contributed by atoms with E-state index in [2.05, 4.69) is 44.1 Å². The van der Waals surface area contributed by atoms with Crippen LogP contribution in [-0.2, 0) is 13.1 Å². The highest BCUT2D eigenvalue weighted by atomic mass is 32.2. The third-order valence-electron chi connectivity index (χ3n) is 4.54. The second kappa shape index (κ2) is 9.97. The molecule has 142 valence electrons. The van der Waals surface area contributed by atoms with E-state index in [0.717, 1.165) is 60.3 Å². The summed E-state index contributed by atoms with van der Waals surface area (Å²) in [5.74, 6) is 5.84. The van der Waals surface area contributed by atoms with Crippen LogP contribution < -0.4 is 11.5 Å². The zero-order valence-corrected chi connectivity index (χ0v) is 16.8. The van der Waals surface area contributed by atoms with Crippen molar-refractivity contribution in [2.75, 3.05) is 49.2 Å². The molecule has 0 amide bonds. The van der Waals surface area contributed by atoms with Gasteiger partial charge in [0.15, 0.2) is 11.9 Å². The van der Waals surface area contributed by atoms with Gasteiger partial charge in [-0.3, -0.25) is 0 Å². The van der Waals surface area contributed by atoms with Crippen LogP contribution in [-0.4, -0.2) is 70.9 Å². The van der Waals surface area contributed by atoms with E-state index in [0.29, 0.717) is 25.0 Å². The van der Waals surface area contributed by atoms with E-state index >= 15 is 0 Å². The van der Waals surface area contributed by atoms with E-state index in [1.54, 1.807) is 0 Å². The molecule has 2 aliphatic rings. The summed E-state index contributed by atoms with van der Waals surface area (Å²) in [5.41, 5.74) is 14.5. The number of hydrogen-bond acceptors (Lipinski definition) is 4. The molecule has 1 aromatic rings. The Morgan fingerprint density at radius 3 is 1.42 bits per heavy atom. The highest BCUT2D eigenvalue weighted by Gasteiger charge is 2.12. The second-order valence-electron chi connectivity index (χ2n) is 6.36. The number of nitrogens with zero attached hydrogens (tertiary/aromatic N) is 4. The first-order valence-corrected chi connectivity index (χ1v) is 11.4. The Bertz CT molecular complexity index is 564. The lowest BCUT2D eigenvalue weighted by Crippen LogP contribution is -2.42. The highest BCUT2D eigenvalue weighted by Crippen LogP contribution is 2.11. The molecule has 0 atom stereocenters. The summed E-state index contributed by atoms with van der Waals surface area (Å²) < 4.78 is 0. The fourth-order valence-electron chi connectivity index (χ4n) is 2.88. The summed E-state index contributed by atoms with van der Waals surface area (Å²) in [6, 6.07) is 8.39. The molecule has 0 aromatic heterocycles. The lowest BCUT2D eigenvalue weighted by atomic mass is 10.1. The van der Waals surface area contributed by atoms with Crippen molar-refractivity contribution in [1.29, 1.82) is 0 Å². The molecular formula is C18H28N6S2. The van der Waals surface area contributed by atoms with Crippen molar-refractivity contribution in [1.82, 2.24) is 9.80 Å². The molecule has 6 nitrogen and oxygen atoms in total. The van der Waals surface area contributed by atoms with Crippen molar-refractivity contribution < 1.29 is 0 Å². The van der Waals surface area contributed by atoms with Crippen LogP contribution in [0.1, 0.15) is 11.1 Å². The van der Waals surface area contributed by atoms with Gasteiger partial charge in [0, 0.05) is 49.2 Å². The normalized spacial score (nSPS) is 19.7. The summed E-state index contributed by atoms with van der Waals surface area (Å²) in [6.07, 6.45) is 0. The molecule has 3 rings (SSSR count). The first-order valence-electron chi connectivity index (χ1n) is 9.05. The molecule has 26 heavy (non-hydrogen) atoms. The Balaban J connectivity index is 1.49. The molecule has 8 heteroatoms. The average molecular weight is 393 g/mol. The average Bonchev–Trinajstić information content (AvgIpc) is 2.72. The molecule has 1 aromatic carbocycles. The maximum absolute atomic E-state index is 6.11. The van der Waals surface area contributed by atoms with Crippen molar-refractivity contribution >= 4 is 35.4 Å². The van der Waals surface area contributed by atoms with Crippen LogP contribution in [0.25, 0.3) is 0 Å². The molecule has 4 N–H and O–H groups in total. The number of aliphatic imine (C=N–C) groups is 2. The summed E-state index contributed by atoms with van der Waals surface area (Å²) in [4.78, 5) is 13.4. The maximum Gasteiger partial charge on any atom is 0.191 e. The summed E-state index contributed by atoms with van der Waals surface area (Å²) in [7, 11) is 0. The van der Waals surface area contributed by atoms with Crippen LogP contribution in [0.2, 0.25) is 0 Å². The van der Waals surface area contributed by atoms with Gasteiger partial charge in [0.25, 0.3) is 0 Å². The van der Waals surface area contributed by atoms with E-state index in [4.69, 9.17) is 11.5 Å². The largest absolute Gasteiger partial charge is 0.370 e. The Kier molecular flexibility index (Phi) is 7.37. The SMILES string of the molecule is NC(=NCc1ccc(CN=C(N)N2CCSCC2)cc1)N1CCSCC1. The molecule has 2 saturated heterocycles. The number of nitrogens with two attached hydrogens (primary N) is 2. The lowest BCUT2D eigenvalue weighted by molar-refractivity contribution is 0.455. The predicted octanol–water partition coefficient (Wildman–Crippen LogP) is 1.41. The number of hydrogen-bond donors (Lipinski definition) is 2. The zero-order chi connectivity index (χ0) is 18.2. The minimum atomic E-state index is 0.618. The summed E-state index contributed by atoms with van der Waals surface area (Å²) in [5, 5.41) is 0. The van der Waals surface area contributed by atoms with E-state index in [1.165, 1.54) is 0 Å². The van der Waals surface area contributed by atoms with Gasteiger partial charge in [-0.2, -0.15) is 23.5 Å². The molecule has 0 bridgehead atoms. The minimum Gasteiger partial charge on any atom is -0.370 e. The van der Waals surface area contributed by atoms with Gasteiger partial charge < -0.3 is 21.3 Å². The van der Waals surface area contributed by atoms with Crippen LogP contribution >= 0.6 is 23.5 Å². The fraction of sp³-hybridized carbons (Fsp3) is 0.556. The topological polar surface area (TPSA) is 83.2 Å². The van der Waals surface area contributed by atoms with Crippen LogP contribution in [0.4, 0.5) is 0 Å². The van der Waals surface area contributed by atoms with Gasteiger partial charge in [-0.05, 0) is 11.1 Å². The second-order valence-corrected chi connectivity index (χ2v) is 8.81. The molecule has 0 saturated carbocycles. The Labute approximate surface area is 164 Å². The van der Waals surface area contributed by atoms with E-state index in [1.807, 2.05) is 23.5 Å². The predicted molar refractivity (Wildman–Crippen MR) is 115 cm³/mol. The summed E-state index contributed by atoms with van der Waals surface area (Å²) >= 11 is 3.94. The third kappa shape index (κ3) is 5.74. The van der Waals surface area contributed by atoms with Gasteiger partial charge in [0.05, 0.1) is 13.1 Å². The fourth-order valence-corrected chi connectivity index (χ4v) is 4.69. The number of thioether (sulfide) groups is 2. The van der Waals surface area contributed by atoms with Crippen LogP contribution in [0.5, 0.6) is 0 Å². The molecule has 2 fully saturated rings. The lowest BCUT2D eigenvalue weighted by Gasteiger charge is -2.27. The maximum atomic E-state index is 6.11. The molecular weight excluding hydrogens is 364 g/mol. The molecule has 0 aliphatic carbocycles. The number of guanidine groups is 2. The molecule has 2 heterocycles. The van der Waals surface area contributed by atoms with Crippen molar-refractivity contribution in [3.63, 3.8) is 0 Å². The van der Waals surface area contributed by atoms with Crippen molar-refractivity contribution in [3.8, 4) is 0 Å². The molecule has 0 spiro atoms. The van der Waals surface area contributed by atoms with Crippen LogP contribution in [0.15, 0.2) is 34.3 Å². The van der Waals surface area contributed by atoms with E-state index in [-0.39, 0.29) is 0 Å². The zero-order valence-electron chi connectivity index (χ0n) is 15.1. The van der Waals surface area contributed by atoms with Gasteiger partial charge in [-0.15, -0.1) is 0 Å². The van der Waals surface area contributed by atoms with E-state index < -0.39 is 0 Å². The third-order valence-corrected chi connectivity index (χ3v) is 6.43. The Morgan fingerprint density at radius 2 is 1.08 bits per heavy atom. The molecule has 2 aliphatic heterocycles. The van der Waals surface area contributed by atoms with Crippen molar-refractivity contribution in [2.24, 2.45) is 21.5 Å². The minimum absolute atomic E-state index is 0.618. The molecule has 0 unspecified atom stereocenters. The highest BCUT2D eigenvalue weighted by molar-refractivity contribution is 7.99. The van der Waals surface area contributed by atoms with Crippen molar-refractivity contribution in [2.45, 2.75) is 13.1 Å². The Hall–Kier alpha value is -1.54. The number of benzene rings is 1. The standard InChI is InChI=1S/C18H28N6S2/c19-17(23-5-9-25-10-6-23)21-13-15-1-2-16(4-3-15)14-22-18(20)24-7-11-26-12-8-24/h1-4H,5-14H2,(H2,19,21)(H2,20,22). The van der Waals surface area contributed by atoms with Crippen LogP contribution in [0, 0.1) is 0 Å².